The van der Waals surface area contributed by atoms with E-state index in [1.165, 1.54) is 66.5 Å². The van der Waals surface area contributed by atoms with Gasteiger partial charge in [0.05, 0.1) is 33.6 Å². The molecule has 5 heterocycles. The molecule has 6 aromatic carbocycles. The maximum Gasteiger partial charge on any atom is 0.137 e. The Morgan fingerprint density at radius 3 is 2.07 bits per heavy atom. The number of amidine groups is 1. The number of aromatic nitrogens is 3. The Morgan fingerprint density at radius 2 is 1.30 bits per heavy atom. The van der Waals surface area contributed by atoms with E-state index in [4.69, 9.17) is 15.0 Å². The van der Waals surface area contributed by atoms with Crippen molar-refractivity contribution in [1.82, 2.24) is 14.5 Å². The molecule has 0 radical (unpaired) electrons. The monoisotopic (exact) mass is 900 g/mol. The van der Waals surface area contributed by atoms with E-state index in [0.717, 1.165) is 63.0 Å². The molecule has 0 saturated heterocycles. The summed E-state index contributed by atoms with van der Waals surface area (Å²) in [6.07, 6.45) is 4.75. The van der Waals surface area contributed by atoms with Crippen molar-refractivity contribution in [2.24, 2.45) is 4.99 Å². The lowest BCUT2D eigenvalue weighted by Gasteiger charge is -2.43. The van der Waals surface area contributed by atoms with Crippen molar-refractivity contribution in [1.29, 1.82) is 0 Å². The number of pyridine rings is 2. The van der Waals surface area contributed by atoms with Gasteiger partial charge in [0.2, 0.25) is 0 Å². The zero-order valence-electron chi connectivity index (χ0n) is 41.8. The van der Waals surface area contributed by atoms with Gasteiger partial charge < -0.3 is 9.80 Å². The van der Waals surface area contributed by atoms with Crippen molar-refractivity contribution in [2.45, 2.75) is 104 Å². The molecule has 3 aromatic heterocycles. The van der Waals surface area contributed by atoms with Gasteiger partial charge in [0, 0.05) is 51.1 Å². The molecule has 3 aliphatic rings. The van der Waals surface area contributed by atoms with Gasteiger partial charge in [-0.25, -0.2) is 4.98 Å². The van der Waals surface area contributed by atoms with Gasteiger partial charge in [-0.1, -0.05) is 119 Å². The minimum Gasteiger partial charge on any atom is -0.317 e. The van der Waals surface area contributed by atoms with Crippen LogP contribution in [0.2, 0.25) is 0 Å². The SMILES string of the molecule is Cc1cc(C)c(N2C(c3cc(-c4ccccn4)cc(N4c5ccccc5C(C)(C)c5cc6c7ccccc7n(-c7cc(C(C)(C)C)ccn7)c6cc54)c3)=N[C@]3(C)c4ccc(C)cc4C[C@]23C)c(C)c1. The number of hydrogen-bond acceptors (Lipinski definition) is 5. The number of anilines is 4. The highest BCUT2D eigenvalue weighted by Gasteiger charge is 2.61. The average Bonchev–Trinajstić information content (AvgIpc) is 3.85. The molecule has 6 heteroatoms. The third-order valence-electron chi connectivity index (χ3n) is 16.0. The van der Waals surface area contributed by atoms with Crippen LogP contribution in [0.3, 0.4) is 0 Å². The highest BCUT2D eigenvalue weighted by Crippen LogP contribution is 2.58. The Balaban J connectivity index is 1.15. The Kier molecular flexibility index (Phi) is 9.25. The van der Waals surface area contributed by atoms with E-state index in [0.29, 0.717) is 0 Å². The van der Waals surface area contributed by atoms with Crippen LogP contribution in [0.4, 0.5) is 22.7 Å². The fourth-order valence-corrected chi connectivity index (χ4v) is 12.5. The lowest BCUT2D eigenvalue weighted by Crippen LogP contribution is -2.54. The molecule has 0 bridgehead atoms. The summed E-state index contributed by atoms with van der Waals surface area (Å²) in [6, 6.07) is 52.0. The fraction of sp³-hybridized carbons (Fsp3) is 0.254. The lowest BCUT2D eigenvalue weighted by molar-refractivity contribution is 0.321. The Morgan fingerprint density at radius 1 is 0.565 bits per heavy atom. The third-order valence-corrected chi connectivity index (χ3v) is 16.0. The molecule has 12 rings (SSSR count). The zero-order chi connectivity index (χ0) is 47.9. The summed E-state index contributed by atoms with van der Waals surface area (Å²) in [5.41, 5.74) is 20.1. The molecule has 0 fully saturated rings. The van der Waals surface area contributed by atoms with Gasteiger partial charge in [-0.2, -0.15) is 0 Å². The largest absolute Gasteiger partial charge is 0.317 e. The minimum atomic E-state index is -0.512. The summed E-state index contributed by atoms with van der Waals surface area (Å²) in [5.74, 6) is 1.90. The van der Waals surface area contributed by atoms with E-state index in [2.05, 4.69) is 224 Å². The molecule has 0 spiro atoms. The second-order valence-electron chi connectivity index (χ2n) is 22.1. The maximum atomic E-state index is 6.02. The van der Waals surface area contributed by atoms with Gasteiger partial charge >= 0.3 is 0 Å². The van der Waals surface area contributed by atoms with Crippen LogP contribution in [0.15, 0.2) is 157 Å². The van der Waals surface area contributed by atoms with Crippen LogP contribution in [0.1, 0.15) is 104 Å². The molecule has 9 aromatic rings. The molecular weight excluding hydrogens is 841 g/mol. The van der Waals surface area contributed by atoms with E-state index >= 15 is 0 Å². The van der Waals surface area contributed by atoms with Gasteiger partial charge in [-0.3, -0.25) is 14.5 Å². The number of hydrogen-bond donors (Lipinski definition) is 0. The fourth-order valence-electron chi connectivity index (χ4n) is 12.5. The topological polar surface area (TPSA) is 49.6 Å². The van der Waals surface area contributed by atoms with Crippen LogP contribution in [0.25, 0.3) is 38.9 Å². The first kappa shape index (κ1) is 43.0. The third kappa shape index (κ3) is 6.26. The number of rotatable bonds is 5. The van der Waals surface area contributed by atoms with Crippen molar-refractivity contribution in [2.75, 3.05) is 9.80 Å². The summed E-state index contributed by atoms with van der Waals surface area (Å²) in [4.78, 5) is 21.2. The smallest absolute Gasteiger partial charge is 0.137 e. The maximum absolute atomic E-state index is 6.02. The minimum absolute atomic E-state index is 0.0392. The number of para-hydroxylation sites is 2. The number of benzene rings is 6. The molecule has 342 valence electrons. The Hall–Kier alpha value is -7.31. The average molecular weight is 901 g/mol. The second kappa shape index (κ2) is 14.8. The van der Waals surface area contributed by atoms with Crippen LogP contribution in [0, 0.1) is 27.7 Å². The van der Waals surface area contributed by atoms with Crippen molar-refractivity contribution in [3.63, 3.8) is 0 Å². The Bertz CT molecular complexity index is 3620. The van der Waals surface area contributed by atoms with Gasteiger partial charge in [0.25, 0.3) is 0 Å². The number of fused-ring (bicyclic) bond motifs is 8. The van der Waals surface area contributed by atoms with E-state index in [-0.39, 0.29) is 16.4 Å². The summed E-state index contributed by atoms with van der Waals surface area (Å²) in [5, 5.41) is 2.43. The first-order valence-electron chi connectivity index (χ1n) is 24.6. The van der Waals surface area contributed by atoms with Gasteiger partial charge in [0.1, 0.15) is 17.2 Å². The highest BCUT2D eigenvalue weighted by atomic mass is 15.4. The summed E-state index contributed by atoms with van der Waals surface area (Å²) in [7, 11) is 0. The van der Waals surface area contributed by atoms with Crippen LogP contribution in [0.5, 0.6) is 0 Å². The summed E-state index contributed by atoms with van der Waals surface area (Å²) < 4.78 is 2.37. The van der Waals surface area contributed by atoms with Crippen molar-refractivity contribution in [3.8, 4) is 17.1 Å². The molecule has 2 atom stereocenters. The Labute approximate surface area is 407 Å². The van der Waals surface area contributed by atoms with Crippen LogP contribution >= 0.6 is 0 Å². The van der Waals surface area contributed by atoms with E-state index in [1.807, 2.05) is 18.5 Å². The van der Waals surface area contributed by atoms with E-state index < -0.39 is 5.54 Å². The van der Waals surface area contributed by atoms with E-state index in [1.54, 1.807) is 0 Å². The van der Waals surface area contributed by atoms with Crippen LogP contribution in [-0.4, -0.2) is 25.9 Å². The molecule has 6 nitrogen and oxygen atoms in total. The molecule has 0 N–H and O–H groups in total. The molecule has 0 saturated carbocycles. The van der Waals surface area contributed by atoms with Crippen LogP contribution in [-0.2, 0) is 22.8 Å². The first-order chi connectivity index (χ1) is 33.0. The second-order valence-corrected chi connectivity index (χ2v) is 22.1. The number of aliphatic imine (C=N–C) groups is 1. The predicted molar refractivity (Wildman–Crippen MR) is 288 cm³/mol. The van der Waals surface area contributed by atoms with Gasteiger partial charge in [0.15, 0.2) is 0 Å². The normalized spacial score (nSPS) is 19.1. The lowest BCUT2D eigenvalue weighted by atomic mass is 9.73. The molecule has 2 aliphatic heterocycles. The molecule has 0 amide bonds. The molecule has 69 heavy (non-hydrogen) atoms. The highest BCUT2D eigenvalue weighted by molar-refractivity contribution is 6.16. The molecule has 1 aliphatic carbocycles. The zero-order valence-corrected chi connectivity index (χ0v) is 41.8. The van der Waals surface area contributed by atoms with E-state index in [9.17, 15) is 0 Å². The van der Waals surface area contributed by atoms with Crippen LogP contribution < -0.4 is 9.80 Å². The number of nitrogens with zero attached hydrogens (tertiary/aromatic N) is 6. The van der Waals surface area contributed by atoms with Crippen molar-refractivity contribution >= 4 is 50.4 Å². The van der Waals surface area contributed by atoms with Gasteiger partial charge in [-0.15, -0.1) is 0 Å². The molecular formula is C63H60N6. The molecule has 0 unspecified atom stereocenters. The quantitative estimate of drug-likeness (QED) is 0.173. The summed E-state index contributed by atoms with van der Waals surface area (Å²) in [6.45, 7) is 25.3. The van der Waals surface area contributed by atoms with Crippen molar-refractivity contribution in [3.05, 3.63) is 208 Å². The first-order valence-corrected chi connectivity index (χ1v) is 24.6. The summed E-state index contributed by atoms with van der Waals surface area (Å²) >= 11 is 0. The van der Waals surface area contributed by atoms with Crippen molar-refractivity contribution < 1.29 is 0 Å². The number of aryl methyl sites for hydroxylation is 4. The van der Waals surface area contributed by atoms with Gasteiger partial charge in [-0.05, 0) is 159 Å². The standard InChI is InChI=1S/C63H60N6/c1-38-23-24-49-44(30-38)37-62(10)63(49,11)66-59(69(62)58-40(3)28-39(2)29-41(58)4)43-31-42(52-20-16-17-26-64-52)32-46(33-43)67-54-22-15-13-19-50(54)61(8,9)51-35-48-47-18-12-14-21-53(47)68(55(48)36-56(51)67)57-34-45(25-27-65-57)60(5,6)7/h12-36H,37H2,1-11H3/t62-,63+/m0/s1. The predicted octanol–water partition coefficient (Wildman–Crippen LogP) is 15.4.